The molecule has 0 spiro atoms. The quantitative estimate of drug-likeness (QED) is 0.0909. The number of benzene rings is 3. The van der Waals surface area contributed by atoms with Crippen LogP contribution >= 0.6 is 23.4 Å². The zero-order chi connectivity index (χ0) is 27.5. The number of aromatic nitrogens is 3. The molecular weight excluding hydrogens is 532 g/mol. The normalized spacial score (nSPS) is 11.7. The lowest BCUT2D eigenvalue weighted by Crippen LogP contribution is -2.27. The molecule has 39 heavy (non-hydrogen) atoms. The van der Waals surface area contributed by atoms with Crippen LogP contribution in [0.25, 0.3) is 0 Å². The molecular formula is C29H29ClN6O2S. The third-order valence-electron chi connectivity index (χ3n) is 5.59. The summed E-state index contributed by atoms with van der Waals surface area (Å²) < 4.78 is 7.88. The minimum atomic E-state index is -0.462. The van der Waals surface area contributed by atoms with Crippen molar-refractivity contribution in [3.05, 3.63) is 113 Å². The van der Waals surface area contributed by atoms with Crippen LogP contribution in [-0.4, -0.2) is 32.1 Å². The summed E-state index contributed by atoms with van der Waals surface area (Å²) in [5.74, 6) is 1.15. The molecule has 1 unspecified atom stereocenters. The average Bonchev–Trinajstić information content (AvgIpc) is 3.33. The van der Waals surface area contributed by atoms with Crippen LogP contribution in [-0.2, 0) is 24.5 Å². The van der Waals surface area contributed by atoms with Crippen LogP contribution in [0.4, 0.5) is 5.69 Å². The van der Waals surface area contributed by atoms with Gasteiger partial charge in [-0.2, -0.15) is 5.10 Å². The van der Waals surface area contributed by atoms with Crippen molar-refractivity contribution in [1.82, 2.24) is 20.2 Å². The van der Waals surface area contributed by atoms with E-state index in [0.29, 0.717) is 35.6 Å². The molecule has 2 N–H and O–H groups in total. The van der Waals surface area contributed by atoms with Crippen molar-refractivity contribution in [3.8, 4) is 5.75 Å². The van der Waals surface area contributed by atoms with E-state index in [4.69, 9.17) is 16.3 Å². The number of para-hydroxylation sites is 1. The Hall–Kier alpha value is -4.08. The Bertz CT molecular complexity index is 1410. The zero-order valence-electron chi connectivity index (χ0n) is 21.5. The number of nitrogens with one attached hydrogen (secondary N) is 2. The second kappa shape index (κ2) is 14.2. The molecule has 8 nitrogen and oxygen atoms in total. The van der Waals surface area contributed by atoms with Crippen molar-refractivity contribution in [2.45, 2.75) is 37.0 Å². The second-order valence-corrected chi connectivity index (χ2v) is 10.2. The highest BCUT2D eigenvalue weighted by Gasteiger charge is 2.19. The molecule has 1 amide bonds. The van der Waals surface area contributed by atoms with E-state index in [1.165, 1.54) is 11.8 Å². The summed E-state index contributed by atoms with van der Waals surface area (Å²) in [6.07, 6.45) is 3.35. The number of thioether (sulfide) groups is 1. The van der Waals surface area contributed by atoms with Crippen LogP contribution in [0.5, 0.6) is 5.75 Å². The summed E-state index contributed by atoms with van der Waals surface area (Å²) in [6, 6.07) is 24.9. The first-order valence-electron chi connectivity index (χ1n) is 12.3. The van der Waals surface area contributed by atoms with Gasteiger partial charge in [0, 0.05) is 22.8 Å². The van der Waals surface area contributed by atoms with Gasteiger partial charge >= 0.3 is 0 Å². The van der Waals surface area contributed by atoms with E-state index < -0.39 is 5.25 Å². The van der Waals surface area contributed by atoms with Crippen molar-refractivity contribution >= 4 is 41.2 Å². The maximum atomic E-state index is 12.8. The van der Waals surface area contributed by atoms with E-state index in [-0.39, 0.29) is 5.91 Å². The summed E-state index contributed by atoms with van der Waals surface area (Å²) in [4.78, 5) is 12.8. The number of hydrazone groups is 1. The van der Waals surface area contributed by atoms with Crippen LogP contribution < -0.4 is 15.5 Å². The Labute approximate surface area is 237 Å². The lowest BCUT2D eigenvalue weighted by molar-refractivity contribution is -0.120. The molecule has 0 saturated carbocycles. The Morgan fingerprint density at radius 3 is 2.62 bits per heavy atom. The lowest BCUT2D eigenvalue weighted by atomic mass is 10.2. The summed E-state index contributed by atoms with van der Waals surface area (Å²) in [7, 11) is 0. The van der Waals surface area contributed by atoms with Gasteiger partial charge in [0.05, 0.1) is 18.0 Å². The fraction of sp³-hybridized carbons (Fsp3) is 0.172. The number of rotatable bonds is 13. The van der Waals surface area contributed by atoms with E-state index in [9.17, 15) is 4.79 Å². The van der Waals surface area contributed by atoms with Crippen LogP contribution in [0, 0.1) is 0 Å². The molecule has 10 heteroatoms. The first-order chi connectivity index (χ1) is 19.0. The monoisotopic (exact) mass is 560 g/mol. The van der Waals surface area contributed by atoms with Gasteiger partial charge in [-0.3, -0.25) is 4.79 Å². The minimum Gasteiger partial charge on any atom is -0.488 e. The van der Waals surface area contributed by atoms with Crippen molar-refractivity contribution in [3.63, 3.8) is 0 Å². The maximum absolute atomic E-state index is 12.8. The molecule has 3 aromatic carbocycles. The average molecular weight is 561 g/mol. The summed E-state index contributed by atoms with van der Waals surface area (Å²) in [5, 5.41) is 16.9. The van der Waals surface area contributed by atoms with E-state index in [1.54, 1.807) is 19.2 Å². The van der Waals surface area contributed by atoms with Crippen LogP contribution in [0.3, 0.4) is 0 Å². The van der Waals surface area contributed by atoms with Crippen LogP contribution in [0.15, 0.2) is 102 Å². The highest BCUT2D eigenvalue weighted by Crippen LogP contribution is 2.23. The molecule has 4 aromatic rings. The largest absolute Gasteiger partial charge is 0.488 e. The van der Waals surface area contributed by atoms with Gasteiger partial charge in [0.25, 0.3) is 5.91 Å². The number of halogens is 1. The Morgan fingerprint density at radius 2 is 1.85 bits per heavy atom. The standard InChI is InChI=1S/C29H29ClN6O2S/c1-3-17-36-27(19-31-25-15-13-24(30)14-16-25)33-35-29(36)39-21(2)28(37)34-32-18-23-11-7-8-12-26(23)38-20-22-9-5-4-6-10-22/h3-16,18,21,31H,1,17,19-20H2,2H3,(H,34,37). The Kier molecular flexibility index (Phi) is 10.2. The zero-order valence-corrected chi connectivity index (χ0v) is 23.0. The summed E-state index contributed by atoms with van der Waals surface area (Å²) >= 11 is 7.26. The first-order valence-corrected chi connectivity index (χ1v) is 13.6. The van der Waals surface area contributed by atoms with Gasteiger partial charge in [-0.15, -0.1) is 16.8 Å². The molecule has 1 heterocycles. The number of hydrogen-bond donors (Lipinski definition) is 2. The molecule has 0 bridgehead atoms. The fourth-order valence-corrected chi connectivity index (χ4v) is 4.52. The molecule has 200 valence electrons. The molecule has 4 rings (SSSR count). The Balaban J connectivity index is 1.33. The van der Waals surface area contributed by atoms with Gasteiger partial charge in [-0.05, 0) is 48.9 Å². The highest BCUT2D eigenvalue weighted by molar-refractivity contribution is 8.00. The molecule has 0 aliphatic heterocycles. The van der Waals surface area contributed by atoms with Crippen LogP contribution in [0.1, 0.15) is 23.9 Å². The van der Waals surface area contributed by atoms with E-state index in [2.05, 4.69) is 32.6 Å². The molecule has 0 aliphatic rings. The minimum absolute atomic E-state index is 0.257. The van der Waals surface area contributed by atoms with Gasteiger partial charge in [0.2, 0.25) is 0 Å². The smallest absolute Gasteiger partial charge is 0.253 e. The number of amides is 1. The molecule has 1 aromatic heterocycles. The van der Waals surface area contributed by atoms with E-state index in [1.807, 2.05) is 83.4 Å². The number of ether oxygens (including phenoxy) is 1. The lowest BCUT2D eigenvalue weighted by Gasteiger charge is -2.12. The number of hydrogen-bond acceptors (Lipinski definition) is 7. The first kappa shape index (κ1) is 27.9. The van der Waals surface area contributed by atoms with Gasteiger partial charge in [-0.1, -0.05) is 71.9 Å². The fourth-order valence-electron chi connectivity index (χ4n) is 3.52. The number of carbonyl (C=O) groups excluding carboxylic acids is 1. The highest BCUT2D eigenvalue weighted by atomic mass is 35.5. The number of nitrogens with zero attached hydrogens (tertiary/aromatic N) is 4. The molecule has 1 atom stereocenters. The Morgan fingerprint density at radius 1 is 1.10 bits per heavy atom. The number of anilines is 1. The molecule has 0 saturated heterocycles. The van der Waals surface area contributed by atoms with Gasteiger partial charge in [0.15, 0.2) is 11.0 Å². The van der Waals surface area contributed by atoms with Crippen molar-refractivity contribution < 1.29 is 9.53 Å². The topological polar surface area (TPSA) is 93.4 Å². The van der Waals surface area contributed by atoms with E-state index >= 15 is 0 Å². The summed E-state index contributed by atoms with van der Waals surface area (Å²) in [5.41, 5.74) is 5.36. The molecule has 0 radical (unpaired) electrons. The van der Waals surface area contributed by atoms with Gasteiger partial charge in [0.1, 0.15) is 12.4 Å². The molecule has 0 fully saturated rings. The van der Waals surface area contributed by atoms with Gasteiger partial charge in [-0.25, -0.2) is 5.43 Å². The molecule has 0 aliphatic carbocycles. The van der Waals surface area contributed by atoms with Gasteiger partial charge < -0.3 is 14.6 Å². The third-order valence-corrected chi connectivity index (χ3v) is 6.92. The van der Waals surface area contributed by atoms with Crippen LogP contribution in [0.2, 0.25) is 5.02 Å². The number of carbonyl (C=O) groups is 1. The maximum Gasteiger partial charge on any atom is 0.253 e. The predicted molar refractivity (Wildman–Crippen MR) is 157 cm³/mol. The third kappa shape index (κ3) is 8.20. The number of allylic oxidation sites excluding steroid dienone is 1. The van der Waals surface area contributed by atoms with Crippen molar-refractivity contribution in [2.24, 2.45) is 5.10 Å². The van der Waals surface area contributed by atoms with Crippen molar-refractivity contribution in [1.29, 1.82) is 0 Å². The predicted octanol–water partition coefficient (Wildman–Crippen LogP) is 5.94. The SMILES string of the molecule is C=CCn1c(CNc2ccc(Cl)cc2)nnc1SC(C)C(=O)NN=Cc1ccccc1OCc1ccccc1. The second-order valence-electron chi connectivity index (χ2n) is 8.46. The van der Waals surface area contributed by atoms with Crippen molar-refractivity contribution in [2.75, 3.05) is 5.32 Å². The summed E-state index contributed by atoms with van der Waals surface area (Å²) in [6.45, 7) is 7.04. The van der Waals surface area contributed by atoms with E-state index in [0.717, 1.165) is 22.6 Å².